The highest BCUT2D eigenvalue weighted by Crippen LogP contribution is 2.55. The van der Waals surface area contributed by atoms with E-state index in [4.69, 9.17) is 9.05 Å². The van der Waals surface area contributed by atoms with Crippen LogP contribution < -0.4 is 0 Å². The van der Waals surface area contributed by atoms with Gasteiger partial charge in [-0.2, -0.15) is 0 Å². The lowest BCUT2D eigenvalue weighted by atomic mass is 9.77. The molecule has 0 bridgehead atoms. The normalized spacial score (nSPS) is 14.1. The number of aromatic hydroxyl groups is 2. The molecule has 2 aromatic carbocycles. The highest BCUT2D eigenvalue weighted by molar-refractivity contribution is 7.55. The quantitative estimate of drug-likeness (QED) is 0.240. The number of hydrogen-bond acceptors (Lipinski definition) is 6. The molecule has 44 heavy (non-hydrogen) atoms. The summed E-state index contributed by atoms with van der Waals surface area (Å²) in [5, 5.41) is 22.4. The minimum absolute atomic E-state index is 0.142. The molecule has 2 aromatic rings. The average molecular weight is 631 g/mol. The fourth-order valence-corrected chi connectivity index (χ4v) is 7.64. The van der Waals surface area contributed by atoms with Crippen LogP contribution in [0.25, 0.3) is 0 Å². The maximum absolute atomic E-state index is 14.3. The van der Waals surface area contributed by atoms with Gasteiger partial charge in [-0.1, -0.05) is 107 Å². The topological polar surface area (TPSA) is 93.1 Å². The van der Waals surface area contributed by atoms with E-state index in [1.807, 2.05) is 65.8 Å². The van der Waals surface area contributed by atoms with Gasteiger partial charge in [0.1, 0.15) is 22.9 Å². The zero-order chi connectivity index (χ0) is 34.1. The Kier molecular flexibility index (Phi) is 11.8. The SMILES string of the molecule is CCOP(=O)(OCC)C(Cc1cc(C(C)(C)C)c(O)c(C(C)(C)C)c1)C(=O)CCc1cc(C(C)(C)C)c(O)c(C(C)(C)C)c1. The predicted molar refractivity (Wildman–Crippen MR) is 183 cm³/mol. The van der Waals surface area contributed by atoms with E-state index in [1.165, 1.54) is 0 Å². The van der Waals surface area contributed by atoms with Crippen molar-refractivity contribution in [2.75, 3.05) is 13.2 Å². The van der Waals surface area contributed by atoms with Crippen LogP contribution in [0.2, 0.25) is 0 Å². The van der Waals surface area contributed by atoms with E-state index < -0.39 is 13.3 Å². The van der Waals surface area contributed by atoms with Crippen molar-refractivity contribution in [1.29, 1.82) is 0 Å². The van der Waals surface area contributed by atoms with Crippen LogP contribution in [0.1, 0.15) is 137 Å². The Labute approximate surface area is 267 Å². The number of aryl methyl sites for hydroxylation is 1. The summed E-state index contributed by atoms with van der Waals surface area (Å²) in [5.74, 6) is 0.360. The van der Waals surface area contributed by atoms with Crippen molar-refractivity contribution in [2.45, 2.75) is 144 Å². The Hall–Kier alpha value is -2.14. The van der Waals surface area contributed by atoms with Crippen LogP contribution in [0.3, 0.4) is 0 Å². The lowest BCUT2D eigenvalue weighted by molar-refractivity contribution is -0.119. The zero-order valence-corrected chi connectivity index (χ0v) is 30.8. The Morgan fingerprint density at radius 3 is 1.27 bits per heavy atom. The molecule has 0 aromatic heterocycles. The Bertz CT molecular complexity index is 1280. The number of carbonyl (C=O) groups is 1. The van der Waals surface area contributed by atoms with Gasteiger partial charge >= 0.3 is 7.60 Å². The summed E-state index contributed by atoms with van der Waals surface area (Å²) in [5.41, 5.74) is 2.71. The van der Waals surface area contributed by atoms with Crippen molar-refractivity contribution >= 4 is 13.4 Å². The number of phenolic OH excluding ortho intramolecular Hbond substituents is 2. The number of benzene rings is 2. The molecule has 0 spiro atoms. The van der Waals surface area contributed by atoms with E-state index in [2.05, 4.69) is 41.5 Å². The molecular weight excluding hydrogens is 571 g/mol. The van der Waals surface area contributed by atoms with Crippen LogP contribution in [-0.4, -0.2) is 34.9 Å². The summed E-state index contributed by atoms with van der Waals surface area (Å²) in [6, 6.07) is 7.84. The molecule has 0 saturated carbocycles. The molecule has 248 valence electrons. The molecule has 0 aliphatic heterocycles. The third kappa shape index (κ3) is 9.21. The van der Waals surface area contributed by atoms with E-state index in [0.717, 1.165) is 33.4 Å². The standard InChI is InChI=1S/C37H59O6P/c1-15-42-44(41,43-16-2)31(23-25-21-28(36(9,10)11)33(40)29(22-25)37(12,13)14)30(38)18-17-24-19-26(34(3,4)5)32(39)27(20-24)35(6,7)8/h19-22,31,39-40H,15-18,23H2,1-14H3. The van der Waals surface area contributed by atoms with Crippen LogP contribution in [0, 0.1) is 0 Å². The van der Waals surface area contributed by atoms with Crippen LogP contribution in [0.4, 0.5) is 0 Å². The molecule has 0 saturated heterocycles. The molecule has 0 aliphatic carbocycles. The molecule has 0 heterocycles. The van der Waals surface area contributed by atoms with Gasteiger partial charge in [-0.25, -0.2) is 0 Å². The lowest BCUT2D eigenvalue weighted by Gasteiger charge is -2.30. The summed E-state index contributed by atoms with van der Waals surface area (Å²) in [7, 11) is -3.83. The summed E-state index contributed by atoms with van der Waals surface area (Å²) in [6.45, 7) is 28.5. The van der Waals surface area contributed by atoms with Crippen molar-refractivity contribution in [2.24, 2.45) is 0 Å². The van der Waals surface area contributed by atoms with Gasteiger partial charge in [-0.3, -0.25) is 9.36 Å². The fourth-order valence-electron chi connectivity index (χ4n) is 5.57. The highest BCUT2D eigenvalue weighted by atomic mass is 31.2. The van der Waals surface area contributed by atoms with Crippen molar-refractivity contribution in [1.82, 2.24) is 0 Å². The minimum atomic E-state index is -3.83. The molecule has 0 radical (unpaired) electrons. The second-order valence-electron chi connectivity index (χ2n) is 16.1. The first-order valence-corrected chi connectivity index (χ1v) is 17.6. The number of phenols is 2. The first kappa shape index (κ1) is 38.0. The van der Waals surface area contributed by atoms with Gasteiger partial charge in [0.15, 0.2) is 0 Å². The van der Waals surface area contributed by atoms with E-state index in [1.54, 1.807) is 13.8 Å². The van der Waals surface area contributed by atoms with Crippen molar-refractivity contribution in [3.05, 3.63) is 57.6 Å². The van der Waals surface area contributed by atoms with Crippen molar-refractivity contribution < 1.29 is 28.6 Å². The van der Waals surface area contributed by atoms with Gasteiger partial charge in [-0.15, -0.1) is 0 Å². The predicted octanol–water partition coefficient (Wildman–Crippen LogP) is 9.67. The monoisotopic (exact) mass is 630 g/mol. The first-order chi connectivity index (χ1) is 19.9. The molecule has 2 N–H and O–H groups in total. The smallest absolute Gasteiger partial charge is 0.341 e. The van der Waals surface area contributed by atoms with E-state index in [0.29, 0.717) is 12.2 Å². The Morgan fingerprint density at radius 2 is 0.977 bits per heavy atom. The maximum Gasteiger partial charge on any atom is 0.341 e. The molecule has 7 heteroatoms. The summed E-state index contributed by atoms with van der Waals surface area (Å²) in [6.07, 6.45) is 0.734. The third-order valence-electron chi connectivity index (χ3n) is 8.03. The van der Waals surface area contributed by atoms with Crippen LogP contribution in [-0.2, 0) is 52.9 Å². The second kappa shape index (κ2) is 13.7. The van der Waals surface area contributed by atoms with Crippen LogP contribution >= 0.6 is 7.60 Å². The van der Waals surface area contributed by atoms with Crippen molar-refractivity contribution in [3.8, 4) is 11.5 Å². The lowest BCUT2D eigenvalue weighted by Crippen LogP contribution is -2.27. The van der Waals surface area contributed by atoms with Gasteiger partial charge in [0.25, 0.3) is 0 Å². The summed E-state index contributed by atoms with van der Waals surface area (Å²) in [4.78, 5) is 14.1. The van der Waals surface area contributed by atoms with Gasteiger partial charge in [0.05, 0.1) is 13.2 Å². The van der Waals surface area contributed by atoms with E-state index >= 15 is 0 Å². The number of ketones is 1. The fraction of sp³-hybridized carbons (Fsp3) is 0.649. The van der Waals surface area contributed by atoms with E-state index in [-0.39, 0.29) is 59.2 Å². The maximum atomic E-state index is 14.3. The number of carbonyl (C=O) groups excluding carboxylic acids is 1. The Balaban J connectivity index is 2.64. The highest BCUT2D eigenvalue weighted by Gasteiger charge is 2.41. The molecule has 1 atom stereocenters. The summed E-state index contributed by atoms with van der Waals surface area (Å²) < 4.78 is 25.8. The average Bonchev–Trinajstić information content (AvgIpc) is 2.84. The molecule has 6 nitrogen and oxygen atoms in total. The molecule has 0 amide bonds. The molecule has 0 fully saturated rings. The van der Waals surface area contributed by atoms with Crippen molar-refractivity contribution in [3.63, 3.8) is 0 Å². The minimum Gasteiger partial charge on any atom is -0.507 e. The van der Waals surface area contributed by atoms with Crippen LogP contribution in [0.15, 0.2) is 24.3 Å². The van der Waals surface area contributed by atoms with Gasteiger partial charge < -0.3 is 19.3 Å². The zero-order valence-electron chi connectivity index (χ0n) is 29.9. The Morgan fingerprint density at radius 1 is 0.659 bits per heavy atom. The number of Topliss-reactive ketones (excluding diaryl/α,β-unsaturated/α-hetero) is 1. The summed E-state index contributed by atoms with van der Waals surface area (Å²) >= 11 is 0. The molecule has 0 aliphatic rings. The van der Waals surface area contributed by atoms with Gasteiger partial charge in [-0.05, 0) is 81.7 Å². The molecule has 1 unspecified atom stereocenters. The van der Waals surface area contributed by atoms with Crippen LogP contribution in [0.5, 0.6) is 11.5 Å². The first-order valence-electron chi connectivity index (χ1n) is 16.0. The van der Waals surface area contributed by atoms with Gasteiger partial charge in [0.2, 0.25) is 0 Å². The third-order valence-corrected chi connectivity index (χ3v) is 10.5. The number of rotatable bonds is 11. The molecule has 2 rings (SSSR count). The van der Waals surface area contributed by atoms with E-state index in [9.17, 15) is 19.6 Å². The van der Waals surface area contributed by atoms with Gasteiger partial charge in [0, 0.05) is 6.42 Å². The number of hydrogen-bond donors (Lipinski definition) is 2. The second-order valence-corrected chi connectivity index (χ2v) is 18.4. The largest absolute Gasteiger partial charge is 0.507 e. The molecular formula is C37H59O6P.